The van der Waals surface area contributed by atoms with Crippen molar-refractivity contribution in [3.63, 3.8) is 0 Å². The molecule has 0 aliphatic heterocycles. The van der Waals surface area contributed by atoms with Gasteiger partial charge in [-0.25, -0.2) is 9.97 Å². The third kappa shape index (κ3) is 3.47. The Morgan fingerprint density at radius 1 is 1.32 bits per heavy atom. The molecule has 0 atom stereocenters. The van der Waals surface area contributed by atoms with E-state index in [9.17, 15) is 0 Å². The first-order valence-electron chi connectivity index (χ1n) is 7.14. The average molecular weight is 326 g/mol. The van der Waals surface area contributed by atoms with Crippen molar-refractivity contribution in [1.29, 1.82) is 0 Å². The van der Waals surface area contributed by atoms with Gasteiger partial charge in [0.15, 0.2) is 0 Å². The molecule has 0 aromatic carbocycles. The molecule has 1 aromatic rings. The molecule has 0 unspecified atom stereocenters. The number of nitrogens with zero attached hydrogens (tertiary/aromatic N) is 2. The molecule has 1 fully saturated rings. The maximum atomic E-state index is 4.65. The second-order valence-corrected chi connectivity index (χ2v) is 7.52. The standard InChI is InChI=1S/C15H24BrN3/c1-5-15(7-6-8-15)10-17-12-9-11(16)18-13(19-12)14(2,3)4/h9H,5-8,10H2,1-4H3,(H,17,18,19). The predicted molar refractivity (Wildman–Crippen MR) is 83.5 cm³/mol. The van der Waals surface area contributed by atoms with Crippen molar-refractivity contribution in [2.75, 3.05) is 11.9 Å². The first-order chi connectivity index (χ1) is 8.85. The van der Waals surface area contributed by atoms with Crippen molar-refractivity contribution in [1.82, 2.24) is 9.97 Å². The van der Waals surface area contributed by atoms with Crippen LogP contribution in [0.2, 0.25) is 0 Å². The van der Waals surface area contributed by atoms with Crippen molar-refractivity contribution < 1.29 is 0 Å². The van der Waals surface area contributed by atoms with E-state index in [-0.39, 0.29) is 5.41 Å². The van der Waals surface area contributed by atoms with Crippen LogP contribution >= 0.6 is 15.9 Å². The van der Waals surface area contributed by atoms with Crippen molar-refractivity contribution in [2.45, 2.75) is 58.8 Å². The lowest BCUT2D eigenvalue weighted by atomic mass is 9.67. The number of hydrogen-bond donors (Lipinski definition) is 1. The minimum Gasteiger partial charge on any atom is -0.369 e. The molecule has 1 aliphatic rings. The van der Waals surface area contributed by atoms with E-state index >= 15 is 0 Å². The number of aromatic nitrogens is 2. The lowest BCUT2D eigenvalue weighted by molar-refractivity contribution is 0.145. The molecule has 1 N–H and O–H groups in total. The van der Waals surface area contributed by atoms with E-state index < -0.39 is 0 Å². The lowest BCUT2D eigenvalue weighted by Crippen LogP contribution is -2.36. The fraction of sp³-hybridized carbons (Fsp3) is 0.733. The summed E-state index contributed by atoms with van der Waals surface area (Å²) in [5.74, 6) is 1.81. The summed E-state index contributed by atoms with van der Waals surface area (Å²) in [6.07, 6.45) is 5.30. The highest BCUT2D eigenvalue weighted by atomic mass is 79.9. The van der Waals surface area contributed by atoms with E-state index in [4.69, 9.17) is 0 Å². The topological polar surface area (TPSA) is 37.8 Å². The Morgan fingerprint density at radius 3 is 2.47 bits per heavy atom. The van der Waals surface area contributed by atoms with Gasteiger partial charge in [0.25, 0.3) is 0 Å². The van der Waals surface area contributed by atoms with Gasteiger partial charge in [-0.1, -0.05) is 34.1 Å². The molecule has 0 amide bonds. The van der Waals surface area contributed by atoms with Crippen molar-refractivity contribution >= 4 is 21.7 Å². The highest BCUT2D eigenvalue weighted by Crippen LogP contribution is 2.43. The molecule has 0 radical (unpaired) electrons. The summed E-state index contributed by atoms with van der Waals surface area (Å²) in [6.45, 7) is 9.72. The third-order valence-corrected chi connectivity index (χ3v) is 4.58. The van der Waals surface area contributed by atoms with E-state index in [0.717, 1.165) is 22.8 Å². The zero-order valence-electron chi connectivity index (χ0n) is 12.4. The molecule has 0 spiro atoms. The number of halogens is 1. The summed E-state index contributed by atoms with van der Waals surface area (Å²) in [4.78, 5) is 9.12. The van der Waals surface area contributed by atoms with Gasteiger partial charge in [0.2, 0.25) is 0 Å². The van der Waals surface area contributed by atoms with Crippen LogP contribution in [0.25, 0.3) is 0 Å². The van der Waals surface area contributed by atoms with Crippen LogP contribution in [-0.2, 0) is 5.41 Å². The van der Waals surface area contributed by atoms with Gasteiger partial charge in [-0.2, -0.15) is 0 Å². The van der Waals surface area contributed by atoms with Crippen molar-refractivity contribution in [3.8, 4) is 0 Å². The summed E-state index contributed by atoms with van der Waals surface area (Å²) >= 11 is 3.48. The van der Waals surface area contributed by atoms with E-state index in [2.05, 4.69) is 58.9 Å². The van der Waals surface area contributed by atoms with Gasteiger partial charge in [0, 0.05) is 18.0 Å². The second-order valence-electron chi connectivity index (χ2n) is 6.71. The molecule has 0 saturated heterocycles. The summed E-state index contributed by atoms with van der Waals surface area (Å²) in [5, 5.41) is 3.51. The highest BCUT2D eigenvalue weighted by molar-refractivity contribution is 9.10. The zero-order chi connectivity index (χ0) is 14.1. The number of nitrogens with one attached hydrogen (secondary N) is 1. The molecular formula is C15H24BrN3. The molecule has 1 aromatic heterocycles. The van der Waals surface area contributed by atoms with Crippen LogP contribution in [0.1, 0.15) is 59.2 Å². The molecule has 19 heavy (non-hydrogen) atoms. The lowest BCUT2D eigenvalue weighted by Gasteiger charge is -2.41. The van der Waals surface area contributed by atoms with E-state index in [1.807, 2.05) is 6.07 Å². The Bertz CT molecular complexity index is 442. The molecule has 4 heteroatoms. The van der Waals surface area contributed by atoms with Gasteiger partial charge in [0.05, 0.1) is 0 Å². The Labute approximate surface area is 124 Å². The molecule has 1 aliphatic carbocycles. The fourth-order valence-electron chi connectivity index (χ4n) is 2.45. The SMILES string of the molecule is CCC1(CNc2cc(Br)nc(C(C)(C)C)n2)CCC1. The Hall–Kier alpha value is -0.640. The Balaban J connectivity index is 2.10. The quantitative estimate of drug-likeness (QED) is 0.826. The van der Waals surface area contributed by atoms with Gasteiger partial charge in [0.1, 0.15) is 16.2 Å². The minimum absolute atomic E-state index is 0.0286. The predicted octanol–water partition coefficient (Wildman–Crippen LogP) is 4.53. The van der Waals surface area contributed by atoms with Gasteiger partial charge >= 0.3 is 0 Å². The Morgan fingerprint density at radius 2 is 2.00 bits per heavy atom. The van der Waals surface area contributed by atoms with Crippen LogP contribution in [0.4, 0.5) is 5.82 Å². The van der Waals surface area contributed by atoms with Crippen LogP contribution in [0.3, 0.4) is 0 Å². The summed E-state index contributed by atoms with van der Waals surface area (Å²) < 4.78 is 0.856. The zero-order valence-corrected chi connectivity index (χ0v) is 14.0. The van der Waals surface area contributed by atoms with E-state index in [0.29, 0.717) is 5.41 Å². The normalized spacial score (nSPS) is 17.9. The fourth-order valence-corrected chi connectivity index (χ4v) is 2.84. The van der Waals surface area contributed by atoms with Crippen LogP contribution in [0.15, 0.2) is 10.7 Å². The van der Waals surface area contributed by atoms with Crippen molar-refractivity contribution in [3.05, 3.63) is 16.5 Å². The molecule has 1 heterocycles. The van der Waals surface area contributed by atoms with E-state index in [1.54, 1.807) is 0 Å². The van der Waals surface area contributed by atoms with Crippen LogP contribution in [0.5, 0.6) is 0 Å². The molecule has 2 rings (SSSR count). The first-order valence-corrected chi connectivity index (χ1v) is 7.93. The van der Waals surface area contributed by atoms with Crippen molar-refractivity contribution in [2.24, 2.45) is 5.41 Å². The highest BCUT2D eigenvalue weighted by Gasteiger charge is 2.34. The number of hydrogen-bond acceptors (Lipinski definition) is 3. The molecular weight excluding hydrogens is 302 g/mol. The van der Waals surface area contributed by atoms with Crippen LogP contribution in [0, 0.1) is 5.41 Å². The number of rotatable bonds is 4. The van der Waals surface area contributed by atoms with Crippen LogP contribution < -0.4 is 5.32 Å². The van der Waals surface area contributed by atoms with Gasteiger partial charge in [-0.3, -0.25) is 0 Å². The number of anilines is 1. The average Bonchev–Trinajstić information content (AvgIpc) is 2.26. The molecule has 0 bridgehead atoms. The molecule has 1 saturated carbocycles. The molecule has 3 nitrogen and oxygen atoms in total. The maximum Gasteiger partial charge on any atom is 0.137 e. The largest absolute Gasteiger partial charge is 0.369 e. The Kier molecular flexibility index (Phi) is 4.19. The minimum atomic E-state index is -0.0286. The summed E-state index contributed by atoms with van der Waals surface area (Å²) in [6, 6.07) is 1.97. The smallest absolute Gasteiger partial charge is 0.137 e. The van der Waals surface area contributed by atoms with Gasteiger partial charge in [-0.05, 0) is 40.6 Å². The van der Waals surface area contributed by atoms with Crippen LogP contribution in [-0.4, -0.2) is 16.5 Å². The van der Waals surface area contributed by atoms with Gasteiger partial charge in [-0.15, -0.1) is 0 Å². The monoisotopic (exact) mass is 325 g/mol. The molecule has 106 valence electrons. The van der Waals surface area contributed by atoms with Gasteiger partial charge < -0.3 is 5.32 Å². The summed E-state index contributed by atoms with van der Waals surface area (Å²) in [7, 11) is 0. The maximum absolute atomic E-state index is 4.65. The summed E-state index contributed by atoms with van der Waals surface area (Å²) in [5.41, 5.74) is 0.471. The first kappa shape index (κ1) is 14.8. The second kappa shape index (κ2) is 5.39. The van der Waals surface area contributed by atoms with E-state index in [1.165, 1.54) is 25.7 Å². The third-order valence-electron chi connectivity index (χ3n) is 4.17.